The van der Waals surface area contributed by atoms with Gasteiger partial charge in [-0.15, -0.1) is 0 Å². The van der Waals surface area contributed by atoms with Gasteiger partial charge < -0.3 is 11.1 Å². The number of carbonyl (C=O) groups is 1. The van der Waals surface area contributed by atoms with Crippen LogP contribution in [0.3, 0.4) is 0 Å². The van der Waals surface area contributed by atoms with Crippen molar-refractivity contribution in [3.8, 4) is 0 Å². The summed E-state index contributed by atoms with van der Waals surface area (Å²) in [5, 5.41) is 2.51. The SMILES string of the molecule is NC(=S)c1ccc(C(=O)Nc2cc(Br)ccc2F)cc1. The molecule has 0 spiro atoms. The van der Waals surface area contributed by atoms with E-state index in [1.54, 1.807) is 30.3 Å². The second-order valence-corrected chi connectivity index (χ2v) is 5.38. The highest BCUT2D eigenvalue weighted by atomic mass is 79.9. The number of anilines is 1. The van der Waals surface area contributed by atoms with Crippen molar-refractivity contribution in [1.29, 1.82) is 0 Å². The van der Waals surface area contributed by atoms with Crippen LogP contribution < -0.4 is 11.1 Å². The molecular formula is C14H10BrFN2OS. The molecule has 0 unspecified atom stereocenters. The Morgan fingerprint density at radius 3 is 2.35 bits per heavy atom. The Bertz CT molecular complexity index is 673. The monoisotopic (exact) mass is 352 g/mol. The van der Waals surface area contributed by atoms with Crippen molar-refractivity contribution in [2.45, 2.75) is 0 Å². The molecule has 20 heavy (non-hydrogen) atoms. The van der Waals surface area contributed by atoms with E-state index in [1.807, 2.05) is 0 Å². The van der Waals surface area contributed by atoms with Crippen LogP contribution in [0.4, 0.5) is 10.1 Å². The molecule has 0 aliphatic carbocycles. The molecule has 0 aromatic heterocycles. The van der Waals surface area contributed by atoms with E-state index in [4.69, 9.17) is 18.0 Å². The van der Waals surface area contributed by atoms with E-state index in [9.17, 15) is 9.18 Å². The molecule has 1 amide bonds. The van der Waals surface area contributed by atoms with Crippen molar-refractivity contribution in [2.24, 2.45) is 5.73 Å². The number of hydrogen-bond acceptors (Lipinski definition) is 2. The van der Waals surface area contributed by atoms with Crippen LogP contribution in [0.15, 0.2) is 46.9 Å². The molecular weight excluding hydrogens is 343 g/mol. The summed E-state index contributed by atoms with van der Waals surface area (Å²) in [6.07, 6.45) is 0. The maximum Gasteiger partial charge on any atom is 0.255 e. The molecule has 2 aromatic carbocycles. The van der Waals surface area contributed by atoms with Gasteiger partial charge in [-0.1, -0.05) is 40.3 Å². The third-order valence-electron chi connectivity index (χ3n) is 2.61. The molecule has 0 saturated heterocycles. The first-order valence-electron chi connectivity index (χ1n) is 5.63. The molecule has 0 saturated carbocycles. The summed E-state index contributed by atoms with van der Waals surface area (Å²) in [5.74, 6) is -0.905. The lowest BCUT2D eigenvalue weighted by molar-refractivity contribution is 0.102. The minimum atomic E-state index is -0.499. The van der Waals surface area contributed by atoms with Crippen LogP contribution in [0.25, 0.3) is 0 Å². The van der Waals surface area contributed by atoms with Crippen molar-refractivity contribution in [3.05, 3.63) is 63.9 Å². The zero-order chi connectivity index (χ0) is 14.7. The van der Waals surface area contributed by atoms with Crippen LogP contribution in [-0.2, 0) is 0 Å². The molecule has 2 aromatic rings. The smallest absolute Gasteiger partial charge is 0.255 e. The van der Waals surface area contributed by atoms with Crippen molar-refractivity contribution >= 4 is 44.7 Å². The van der Waals surface area contributed by atoms with Crippen LogP contribution in [0, 0.1) is 5.82 Å². The van der Waals surface area contributed by atoms with Crippen molar-refractivity contribution in [2.75, 3.05) is 5.32 Å². The number of amides is 1. The minimum absolute atomic E-state index is 0.114. The van der Waals surface area contributed by atoms with Crippen molar-refractivity contribution in [1.82, 2.24) is 0 Å². The number of thiocarbonyl (C=S) groups is 1. The van der Waals surface area contributed by atoms with E-state index in [-0.39, 0.29) is 10.7 Å². The van der Waals surface area contributed by atoms with Gasteiger partial charge in [0.05, 0.1) is 5.69 Å². The Hall–Kier alpha value is -1.79. The maximum absolute atomic E-state index is 13.5. The number of halogens is 2. The third-order valence-corrected chi connectivity index (χ3v) is 3.34. The van der Waals surface area contributed by atoms with E-state index in [1.165, 1.54) is 12.1 Å². The molecule has 0 radical (unpaired) electrons. The second-order valence-electron chi connectivity index (χ2n) is 4.02. The molecule has 3 N–H and O–H groups in total. The van der Waals surface area contributed by atoms with Gasteiger partial charge >= 0.3 is 0 Å². The van der Waals surface area contributed by atoms with E-state index >= 15 is 0 Å². The van der Waals surface area contributed by atoms with E-state index in [2.05, 4.69) is 21.2 Å². The van der Waals surface area contributed by atoms with Crippen LogP contribution in [0.1, 0.15) is 15.9 Å². The highest BCUT2D eigenvalue weighted by Crippen LogP contribution is 2.20. The summed E-state index contributed by atoms with van der Waals surface area (Å²) >= 11 is 8.05. The van der Waals surface area contributed by atoms with Crippen LogP contribution >= 0.6 is 28.1 Å². The van der Waals surface area contributed by atoms with Crippen LogP contribution in [-0.4, -0.2) is 10.9 Å². The molecule has 0 fully saturated rings. The highest BCUT2D eigenvalue weighted by Gasteiger charge is 2.10. The second kappa shape index (κ2) is 6.11. The number of nitrogens with one attached hydrogen (secondary N) is 1. The molecule has 0 aliphatic heterocycles. The molecule has 102 valence electrons. The number of carbonyl (C=O) groups excluding carboxylic acids is 1. The van der Waals surface area contributed by atoms with Crippen molar-refractivity contribution in [3.63, 3.8) is 0 Å². The Balaban J connectivity index is 2.19. The number of hydrogen-bond donors (Lipinski definition) is 2. The molecule has 6 heteroatoms. The van der Waals surface area contributed by atoms with Crippen molar-refractivity contribution < 1.29 is 9.18 Å². The molecule has 0 aliphatic rings. The molecule has 0 heterocycles. The highest BCUT2D eigenvalue weighted by molar-refractivity contribution is 9.10. The average molecular weight is 353 g/mol. The fraction of sp³-hybridized carbons (Fsp3) is 0. The Morgan fingerprint density at radius 1 is 1.15 bits per heavy atom. The van der Waals surface area contributed by atoms with Crippen LogP contribution in [0.5, 0.6) is 0 Å². The van der Waals surface area contributed by atoms with Gasteiger partial charge in [-0.3, -0.25) is 4.79 Å². The molecule has 0 atom stereocenters. The summed E-state index contributed by atoms with van der Waals surface area (Å²) in [6.45, 7) is 0. The van der Waals surface area contributed by atoms with E-state index in [0.717, 1.165) is 0 Å². The van der Waals surface area contributed by atoms with Gasteiger partial charge in [0.2, 0.25) is 0 Å². The fourth-order valence-electron chi connectivity index (χ4n) is 1.57. The predicted octanol–water partition coefficient (Wildman–Crippen LogP) is 3.47. The fourth-order valence-corrected chi connectivity index (χ4v) is 2.07. The lowest BCUT2D eigenvalue weighted by Gasteiger charge is -2.07. The van der Waals surface area contributed by atoms with Gasteiger partial charge in [0.1, 0.15) is 10.8 Å². The first-order chi connectivity index (χ1) is 9.47. The molecule has 0 bridgehead atoms. The Kier molecular flexibility index (Phi) is 4.46. The topological polar surface area (TPSA) is 55.1 Å². The van der Waals surface area contributed by atoms with Gasteiger partial charge in [-0.25, -0.2) is 4.39 Å². The number of benzene rings is 2. The van der Waals surface area contributed by atoms with Gasteiger partial charge in [0.15, 0.2) is 0 Å². The summed E-state index contributed by atoms with van der Waals surface area (Å²) < 4.78 is 14.2. The average Bonchev–Trinajstić information content (AvgIpc) is 2.43. The third kappa shape index (κ3) is 3.40. The van der Waals surface area contributed by atoms with Gasteiger partial charge in [-0.2, -0.15) is 0 Å². The summed E-state index contributed by atoms with van der Waals surface area (Å²) in [6, 6.07) is 10.8. The summed E-state index contributed by atoms with van der Waals surface area (Å²) in [5.41, 5.74) is 6.65. The van der Waals surface area contributed by atoms with E-state index < -0.39 is 11.7 Å². The minimum Gasteiger partial charge on any atom is -0.389 e. The maximum atomic E-state index is 13.5. The number of nitrogens with two attached hydrogens (primary N) is 1. The van der Waals surface area contributed by atoms with Crippen LogP contribution in [0.2, 0.25) is 0 Å². The number of rotatable bonds is 3. The standard InChI is InChI=1S/C14H10BrFN2OS/c15-10-5-6-11(16)12(7-10)18-14(19)9-3-1-8(2-4-9)13(17)20/h1-7H,(H2,17,20)(H,18,19). The normalized spacial score (nSPS) is 10.1. The quantitative estimate of drug-likeness (QED) is 0.831. The Morgan fingerprint density at radius 2 is 1.75 bits per heavy atom. The Labute approximate surface area is 129 Å². The van der Waals surface area contributed by atoms with Gasteiger partial charge in [-0.05, 0) is 30.3 Å². The zero-order valence-corrected chi connectivity index (χ0v) is 12.6. The molecule has 2 rings (SSSR count). The lowest BCUT2D eigenvalue weighted by atomic mass is 10.1. The first kappa shape index (κ1) is 14.6. The van der Waals surface area contributed by atoms with E-state index in [0.29, 0.717) is 15.6 Å². The first-order valence-corrected chi connectivity index (χ1v) is 6.84. The van der Waals surface area contributed by atoms with Gasteiger partial charge in [0.25, 0.3) is 5.91 Å². The van der Waals surface area contributed by atoms with Gasteiger partial charge in [0, 0.05) is 15.6 Å². The zero-order valence-electron chi connectivity index (χ0n) is 10.2. The molecule has 3 nitrogen and oxygen atoms in total. The largest absolute Gasteiger partial charge is 0.389 e. The lowest BCUT2D eigenvalue weighted by Crippen LogP contribution is -2.14. The summed E-state index contributed by atoms with van der Waals surface area (Å²) in [4.78, 5) is 12.3. The predicted molar refractivity (Wildman–Crippen MR) is 84.4 cm³/mol. The summed E-state index contributed by atoms with van der Waals surface area (Å²) in [7, 11) is 0.